The number of fused-ring (bicyclic) bond motifs is 1. The SMILES string of the molecule is CN(C)C(=O)C1=NO[C@@H]2CN(C(=O)C3CC(F)(F)C3)C[C@H]12. The maximum Gasteiger partial charge on any atom is 0.271 e. The lowest BCUT2D eigenvalue weighted by Gasteiger charge is -2.36. The zero-order chi connectivity index (χ0) is 15.4. The van der Waals surface area contributed by atoms with E-state index in [1.807, 2.05) is 0 Å². The number of likely N-dealkylation sites (tertiary alicyclic amines) is 1. The van der Waals surface area contributed by atoms with Gasteiger partial charge < -0.3 is 14.6 Å². The summed E-state index contributed by atoms with van der Waals surface area (Å²) in [6.07, 6.45) is -1.10. The van der Waals surface area contributed by atoms with E-state index in [1.165, 1.54) is 9.80 Å². The van der Waals surface area contributed by atoms with E-state index in [-0.39, 0.29) is 36.7 Å². The fraction of sp³-hybridized carbons (Fsp3) is 0.769. The highest BCUT2D eigenvalue weighted by Gasteiger charge is 2.53. The van der Waals surface area contributed by atoms with Gasteiger partial charge in [0.2, 0.25) is 11.8 Å². The van der Waals surface area contributed by atoms with Gasteiger partial charge in [-0.2, -0.15) is 0 Å². The van der Waals surface area contributed by atoms with Gasteiger partial charge in [-0.3, -0.25) is 9.59 Å². The number of rotatable bonds is 2. The topological polar surface area (TPSA) is 62.2 Å². The van der Waals surface area contributed by atoms with Crippen molar-refractivity contribution in [3.8, 4) is 0 Å². The van der Waals surface area contributed by atoms with E-state index >= 15 is 0 Å². The Bertz CT molecular complexity index is 513. The molecule has 2 amide bonds. The van der Waals surface area contributed by atoms with Crippen LogP contribution in [0.1, 0.15) is 12.8 Å². The van der Waals surface area contributed by atoms with Crippen LogP contribution in [0.25, 0.3) is 0 Å². The predicted molar refractivity (Wildman–Crippen MR) is 68.7 cm³/mol. The number of amides is 2. The smallest absolute Gasteiger partial charge is 0.271 e. The Kier molecular flexibility index (Phi) is 3.14. The lowest BCUT2D eigenvalue weighted by molar-refractivity contribution is -0.159. The molecule has 8 heteroatoms. The van der Waals surface area contributed by atoms with Crippen LogP contribution in [-0.4, -0.2) is 66.5 Å². The van der Waals surface area contributed by atoms with Crippen molar-refractivity contribution in [1.82, 2.24) is 9.80 Å². The van der Waals surface area contributed by atoms with Gasteiger partial charge in [0, 0.05) is 39.4 Å². The first-order valence-corrected chi connectivity index (χ1v) is 6.90. The maximum absolute atomic E-state index is 12.9. The molecule has 2 atom stereocenters. The number of hydrogen-bond donors (Lipinski definition) is 0. The summed E-state index contributed by atoms with van der Waals surface area (Å²) in [5.41, 5.74) is 0.305. The van der Waals surface area contributed by atoms with Gasteiger partial charge in [0.1, 0.15) is 0 Å². The van der Waals surface area contributed by atoms with Gasteiger partial charge >= 0.3 is 0 Å². The minimum Gasteiger partial charge on any atom is -0.389 e. The third-order valence-corrected chi connectivity index (χ3v) is 4.28. The van der Waals surface area contributed by atoms with E-state index in [4.69, 9.17) is 4.84 Å². The summed E-state index contributed by atoms with van der Waals surface area (Å²) >= 11 is 0. The third-order valence-electron chi connectivity index (χ3n) is 4.28. The molecule has 2 aliphatic heterocycles. The molecule has 0 aromatic rings. The molecule has 1 aliphatic carbocycles. The van der Waals surface area contributed by atoms with Crippen LogP contribution in [0.3, 0.4) is 0 Å². The van der Waals surface area contributed by atoms with Gasteiger partial charge in [0.05, 0.1) is 12.5 Å². The molecule has 0 spiro atoms. The highest BCUT2D eigenvalue weighted by atomic mass is 19.3. The summed E-state index contributed by atoms with van der Waals surface area (Å²) < 4.78 is 25.7. The van der Waals surface area contributed by atoms with Crippen LogP contribution >= 0.6 is 0 Å². The summed E-state index contributed by atoms with van der Waals surface area (Å²) in [5, 5.41) is 3.80. The van der Waals surface area contributed by atoms with Crippen LogP contribution in [0.4, 0.5) is 8.78 Å². The van der Waals surface area contributed by atoms with E-state index in [0.29, 0.717) is 18.8 Å². The van der Waals surface area contributed by atoms with E-state index in [1.54, 1.807) is 14.1 Å². The molecule has 0 aromatic heterocycles. The van der Waals surface area contributed by atoms with Crippen LogP contribution in [0.15, 0.2) is 5.16 Å². The number of carbonyl (C=O) groups excluding carboxylic acids is 2. The lowest BCUT2D eigenvalue weighted by atomic mass is 9.80. The number of carbonyl (C=O) groups is 2. The monoisotopic (exact) mass is 301 g/mol. The highest BCUT2D eigenvalue weighted by molar-refractivity contribution is 6.40. The second-order valence-corrected chi connectivity index (χ2v) is 6.13. The standard InChI is InChI=1S/C13H17F2N3O3/c1-17(2)12(20)10-8-5-18(6-9(8)21-16-10)11(19)7-3-13(14,15)4-7/h7-9H,3-6H2,1-2H3/t8-,9+/m0/s1. The number of halogens is 2. The van der Waals surface area contributed by atoms with Gasteiger partial charge in [0.25, 0.3) is 5.91 Å². The Morgan fingerprint density at radius 2 is 2.00 bits per heavy atom. The fourth-order valence-electron chi connectivity index (χ4n) is 3.04. The average molecular weight is 301 g/mol. The molecule has 0 unspecified atom stereocenters. The van der Waals surface area contributed by atoms with Gasteiger partial charge in [-0.1, -0.05) is 5.16 Å². The largest absolute Gasteiger partial charge is 0.389 e. The zero-order valence-corrected chi connectivity index (χ0v) is 11.9. The molecule has 0 radical (unpaired) electrons. The van der Waals surface area contributed by atoms with E-state index in [2.05, 4.69) is 5.16 Å². The molecular weight excluding hydrogens is 284 g/mol. The van der Waals surface area contributed by atoms with E-state index in [9.17, 15) is 18.4 Å². The van der Waals surface area contributed by atoms with Crippen molar-refractivity contribution < 1.29 is 23.2 Å². The molecule has 6 nitrogen and oxygen atoms in total. The summed E-state index contributed by atoms with van der Waals surface area (Å²) in [6.45, 7) is 0.614. The van der Waals surface area contributed by atoms with Crippen LogP contribution in [0.5, 0.6) is 0 Å². The third kappa shape index (κ3) is 2.36. The molecule has 3 aliphatic rings. The molecule has 1 saturated carbocycles. The second-order valence-electron chi connectivity index (χ2n) is 6.13. The van der Waals surface area contributed by atoms with Crippen LogP contribution in [0, 0.1) is 11.8 Å². The molecule has 2 fully saturated rings. The molecule has 2 heterocycles. The molecule has 0 bridgehead atoms. The summed E-state index contributed by atoms with van der Waals surface area (Å²) in [6, 6.07) is 0. The lowest BCUT2D eigenvalue weighted by Crippen LogP contribution is -2.46. The minimum absolute atomic E-state index is 0.244. The first-order chi connectivity index (χ1) is 9.78. The Labute approximate surface area is 120 Å². The molecule has 0 aromatic carbocycles. The van der Waals surface area contributed by atoms with Crippen LogP contribution < -0.4 is 0 Å². The summed E-state index contributed by atoms with van der Waals surface area (Å²) in [7, 11) is 3.24. The Morgan fingerprint density at radius 3 is 2.57 bits per heavy atom. The molecule has 116 valence electrons. The summed E-state index contributed by atoms with van der Waals surface area (Å²) in [5.74, 6) is -4.09. The number of nitrogens with zero attached hydrogens (tertiary/aromatic N) is 3. The molecule has 1 saturated heterocycles. The Balaban J connectivity index is 1.63. The van der Waals surface area contributed by atoms with Crippen molar-refractivity contribution in [2.24, 2.45) is 17.0 Å². The maximum atomic E-state index is 12.9. The van der Waals surface area contributed by atoms with Gasteiger partial charge in [-0.25, -0.2) is 8.78 Å². The zero-order valence-electron chi connectivity index (χ0n) is 11.9. The minimum atomic E-state index is -2.71. The number of oxime groups is 1. The fourth-order valence-corrected chi connectivity index (χ4v) is 3.04. The first kappa shape index (κ1) is 14.2. The van der Waals surface area contributed by atoms with Crippen molar-refractivity contribution in [3.05, 3.63) is 0 Å². The molecular formula is C13H17F2N3O3. The Hall–Kier alpha value is -1.73. The molecule has 3 rings (SSSR count). The van der Waals surface area contributed by atoms with Crippen molar-refractivity contribution >= 4 is 17.5 Å². The van der Waals surface area contributed by atoms with Crippen LogP contribution in [-0.2, 0) is 14.4 Å². The predicted octanol–water partition coefficient (Wildman–Crippen LogP) is 0.333. The van der Waals surface area contributed by atoms with Crippen molar-refractivity contribution in [2.45, 2.75) is 24.9 Å². The Morgan fingerprint density at radius 1 is 1.33 bits per heavy atom. The highest BCUT2D eigenvalue weighted by Crippen LogP contribution is 2.44. The van der Waals surface area contributed by atoms with Crippen LogP contribution in [0.2, 0.25) is 0 Å². The average Bonchev–Trinajstić information content (AvgIpc) is 2.93. The van der Waals surface area contributed by atoms with E-state index < -0.39 is 11.8 Å². The molecule has 0 N–H and O–H groups in total. The second kappa shape index (κ2) is 4.64. The van der Waals surface area contributed by atoms with Gasteiger partial charge in [0.15, 0.2) is 11.8 Å². The number of alkyl halides is 2. The normalized spacial score (nSPS) is 30.3. The number of hydrogen-bond acceptors (Lipinski definition) is 4. The quantitative estimate of drug-likeness (QED) is 0.738. The van der Waals surface area contributed by atoms with Gasteiger partial charge in [-0.15, -0.1) is 0 Å². The van der Waals surface area contributed by atoms with Crippen molar-refractivity contribution in [2.75, 3.05) is 27.2 Å². The van der Waals surface area contributed by atoms with Crippen molar-refractivity contribution in [1.29, 1.82) is 0 Å². The van der Waals surface area contributed by atoms with Gasteiger partial charge in [-0.05, 0) is 0 Å². The first-order valence-electron chi connectivity index (χ1n) is 6.90. The van der Waals surface area contributed by atoms with Crippen molar-refractivity contribution in [3.63, 3.8) is 0 Å². The molecule has 21 heavy (non-hydrogen) atoms. The summed E-state index contributed by atoms with van der Waals surface area (Å²) in [4.78, 5) is 32.3. The van der Waals surface area contributed by atoms with E-state index in [0.717, 1.165) is 0 Å².